The first-order valence-corrected chi connectivity index (χ1v) is 9.56. The molecule has 7 nitrogen and oxygen atoms in total. The van der Waals surface area contributed by atoms with Gasteiger partial charge >= 0.3 is 6.03 Å². The summed E-state index contributed by atoms with van der Waals surface area (Å²) in [6, 6.07) is 12.9. The lowest BCUT2D eigenvalue weighted by Gasteiger charge is -2.22. The van der Waals surface area contributed by atoms with Gasteiger partial charge < -0.3 is 10.6 Å². The highest BCUT2D eigenvalue weighted by molar-refractivity contribution is 8.14. The Hall–Kier alpha value is -2.87. The Morgan fingerprint density at radius 2 is 2.04 bits per heavy atom. The van der Waals surface area contributed by atoms with Crippen LogP contribution in [0.1, 0.15) is 12.5 Å². The van der Waals surface area contributed by atoms with Gasteiger partial charge in [0.2, 0.25) is 5.91 Å². The van der Waals surface area contributed by atoms with Gasteiger partial charge in [-0.1, -0.05) is 48.2 Å². The predicted molar refractivity (Wildman–Crippen MR) is 104 cm³/mol. The first-order chi connectivity index (χ1) is 13.0. The van der Waals surface area contributed by atoms with Crippen molar-refractivity contribution >= 4 is 45.5 Å². The van der Waals surface area contributed by atoms with Crippen molar-refractivity contribution in [3.05, 3.63) is 48.0 Å². The highest BCUT2D eigenvalue weighted by Gasteiger charge is 2.49. The fourth-order valence-corrected chi connectivity index (χ4v) is 3.99. The van der Waals surface area contributed by atoms with Crippen LogP contribution in [0.2, 0.25) is 0 Å². The van der Waals surface area contributed by atoms with Gasteiger partial charge in [-0.05, 0) is 29.3 Å². The maximum atomic E-state index is 13.0. The van der Waals surface area contributed by atoms with Crippen LogP contribution in [0.5, 0.6) is 0 Å². The Balaban J connectivity index is 1.56. The van der Waals surface area contributed by atoms with E-state index >= 15 is 0 Å². The van der Waals surface area contributed by atoms with E-state index in [0.717, 1.165) is 21.4 Å². The van der Waals surface area contributed by atoms with Crippen LogP contribution in [0.25, 0.3) is 10.8 Å². The molecule has 0 aliphatic carbocycles. The standard InChI is InChI=1S/C19H18N4O3S/c1-19(14-7-6-12-4-2-3-5-13(12)10-14)16(25)23(18(26)22-19)11-15(24)21-17-20-8-9-27-17/h2-7,10H,8-9,11H2,1H3,(H,22,26)(H,20,21,24). The second-order valence-electron chi connectivity index (χ2n) is 6.59. The first-order valence-electron chi connectivity index (χ1n) is 8.58. The van der Waals surface area contributed by atoms with Crippen LogP contribution in [-0.4, -0.2) is 46.8 Å². The SMILES string of the molecule is CC1(c2ccc3ccccc3c2)NC(=O)N(CC(=O)NC2=NCCS2)C1=O. The number of nitrogens with one attached hydrogen (secondary N) is 2. The number of hydrogen-bond acceptors (Lipinski definition) is 5. The summed E-state index contributed by atoms with van der Waals surface area (Å²) >= 11 is 1.44. The van der Waals surface area contributed by atoms with Crippen LogP contribution in [0.15, 0.2) is 47.5 Å². The number of urea groups is 1. The molecule has 2 aliphatic heterocycles. The van der Waals surface area contributed by atoms with Crippen molar-refractivity contribution in [3.63, 3.8) is 0 Å². The van der Waals surface area contributed by atoms with E-state index in [2.05, 4.69) is 15.6 Å². The summed E-state index contributed by atoms with van der Waals surface area (Å²) in [5, 5.41) is 7.93. The minimum absolute atomic E-state index is 0.340. The molecule has 2 heterocycles. The fraction of sp³-hybridized carbons (Fsp3) is 0.263. The molecule has 27 heavy (non-hydrogen) atoms. The molecule has 0 saturated carbocycles. The van der Waals surface area contributed by atoms with Crippen LogP contribution in [0.4, 0.5) is 4.79 Å². The quantitative estimate of drug-likeness (QED) is 0.793. The van der Waals surface area contributed by atoms with Gasteiger partial charge in [-0.25, -0.2) is 4.79 Å². The van der Waals surface area contributed by atoms with Gasteiger partial charge in [-0.2, -0.15) is 0 Å². The lowest BCUT2D eigenvalue weighted by molar-refractivity contribution is -0.134. The van der Waals surface area contributed by atoms with E-state index in [1.54, 1.807) is 6.92 Å². The topological polar surface area (TPSA) is 90.9 Å². The average Bonchev–Trinajstić information content (AvgIpc) is 3.24. The number of aliphatic imine (C=N–C) groups is 1. The van der Waals surface area contributed by atoms with E-state index < -0.39 is 23.4 Å². The number of rotatable bonds is 3. The molecule has 0 spiro atoms. The van der Waals surface area contributed by atoms with Crippen molar-refractivity contribution in [3.8, 4) is 0 Å². The second-order valence-corrected chi connectivity index (χ2v) is 7.68. The molecule has 0 bridgehead atoms. The largest absolute Gasteiger partial charge is 0.325 e. The number of imide groups is 1. The summed E-state index contributed by atoms with van der Waals surface area (Å²) in [6.07, 6.45) is 0. The Labute approximate surface area is 160 Å². The third-order valence-corrected chi connectivity index (χ3v) is 5.63. The van der Waals surface area contributed by atoms with Crippen molar-refractivity contribution in [1.82, 2.24) is 15.5 Å². The molecule has 2 aliphatic rings. The summed E-state index contributed by atoms with van der Waals surface area (Å²) in [6.45, 7) is 1.98. The van der Waals surface area contributed by atoms with Gasteiger partial charge in [0, 0.05) is 5.75 Å². The average molecular weight is 382 g/mol. The van der Waals surface area contributed by atoms with Crippen LogP contribution in [0.3, 0.4) is 0 Å². The normalized spacial score (nSPS) is 22.1. The molecular formula is C19H18N4O3S. The second kappa shape index (κ2) is 6.70. The van der Waals surface area contributed by atoms with Crippen molar-refractivity contribution < 1.29 is 14.4 Å². The molecule has 1 unspecified atom stereocenters. The van der Waals surface area contributed by atoms with E-state index in [4.69, 9.17) is 0 Å². The first kappa shape index (κ1) is 17.5. The number of thioether (sulfide) groups is 1. The number of nitrogens with zero attached hydrogens (tertiary/aromatic N) is 2. The lowest BCUT2D eigenvalue weighted by Crippen LogP contribution is -2.43. The Morgan fingerprint density at radius 3 is 2.78 bits per heavy atom. The number of carbonyl (C=O) groups excluding carboxylic acids is 3. The molecule has 1 fully saturated rings. The predicted octanol–water partition coefficient (Wildman–Crippen LogP) is 1.83. The van der Waals surface area contributed by atoms with Crippen LogP contribution in [0, 0.1) is 0 Å². The van der Waals surface area contributed by atoms with Crippen molar-refractivity contribution in [2.45, 2.75) is 12.5 Å². The number of amides is 4. The zero-order valence-electron chi connectivity index (χ0n) is 14.7. The van der Waals surface area contributed by atoms with Gasteiger partial charge in [-0.3, -0.25) is 19.5 Å². The Kier molecular flexibility index (Phi) is 4.35. The summed E-state index contributed by atoms with van der Waals surface area (Å²) in [5.74, 6) is -0.0629. The number of carbonyl (C=O) groups is 3. The number of amidine groups is 1. The zero-order valence-corrected chi connectivity index (χ0v) is 15.5. The zero-order chi connectivity index (χ0) is 19.0. The molecule has 1 atom stereocenters. The highest BCUT2D eigenvalue weighted by atomic mass is 32.2. The molecule has 4 amide bonds. The third kappa shape index (κ3) is 3.16. The van der Waals surface area contributed by atoms with Gasteiger partial charge in [0.15, 0.2) is 5.17 Å². The molecule has 1 saturated heterocycles. The van der Waals surface area contributed by atoms with E-state index in [1.807, 2.05) is 42.5 Å². The number of benzene rings is 2. The molecule has 4 rings (SSSR count). The van der Waals surface area contributed by atoms with E-state index in [1.165, 1.54) is 11.8 Å². The van der Waals surface area contributed by atoms with Crippen molar-refractivity contribution in [1.29, 1.82) is 0 Å². The smallest absolute Gasteiger partial charge is 0.319 e. The fourth-order valence-electron chi connectivity index (χ4n) is 3.25. The van der Waals surface area contributed by atoms with Gasteiger partial charge in [0.05, 0.1) is 6.54 Å². The van der Waals surface area contributed by atoms with Gasteiger partial charge in [0.1, 0.15) is 12.1 Å². The van der Waals surface area contributed by atoms with Gasteiger partial charge in [0.25, 0.3) is 5.91 Å². The number of hydrogen-bond donors (Lipinski definition) is 2. The van der Waals surface area contributed by atoms with E-state index in [0.29, 0.717) is 17.3 Å². The molecular weight excluding hydrogens is 364 g/mol. The summed E-state index contributed by atoms with van der Waals surface area (Å²) in [5.41, 5.74) is -0.528. The Morgan fingerprint density at radius 1 is 1.26 bits per heavy atom. The molecule has 2 aromatic rings. The third-order valence-electron chi connectivity index (χ3n) is 4.74. The van der Waals surface area contributed by atoms with E-state index in [9.17, 15) is 14.4 Å². The minimum atomic E-state index is -1.21. The van der Waals surface area contributed by atoms with E-state index in [-0.39, 0.29) is 6.54 Å². The molecule has 138 valence electrons. The molecule has 0 radical (unpaired) electrons. The molecule has 8 heteroatoms. The van der Waals surface area contributed by atoms with Crippen LogP contribution >= 0.6 is 11.8 Å². The summed E-state index contributed by atoms with van der Waals surface area (Å²) in [7, 11) is 0. The maximum absolute atomic E-state index is 13.0. The summed E-state index contributed by atoms with van der Waals surface area (Å²) < 4.78 is 0. The highest BCUT2D eigenvalue weighted by Crippen LogP contribution is 2.30. The lowest BCUT2D eigenvalue weighted by atomic mass is 9.90. The minimum Gasteiger partial charge on any atom is -0.319 e. The van der Waals surface area contributed by atoms with Crippen molar-refractivity contribution in [2.75, 3.05) is 18.8 Å². The van der Waals surface area contributed by atoms with Crippen molar-refractivity contribution in [2.24, 2.45) is 4.99 Å². The molecule has 2 N–H and O–H groups in total. The Bertz CT molecular complexity index is 990. The van der Waals surface area contributed by atoms with Crippen LogP contribution < -0.4 is 10.6 Å². The van der Waals surface area contributed by atoms with Crippen LogP contribution in [-0.2, 0) is 15.1 Å². The van der Waals surface area contributed by atoms with Gasteiger partial charge in [-0.15, -0.1) is 0 Å². The maximum Gasteiger partial charge on any atom is 0.325 e. The molecule has 2 aromatic carbocycles. The monoisotopic (exact) mass is 382 g/mol. The summed E-state index contributed by atoms with van der Waals surface area (Å²) in [4.78, 5) is 42.6. The molecule has 0 aromatic heterocycles. The number of fused-ring (bicyclic) bond motifs is 1.